The third-order valence-electron chi connectivity index (χ3n) is 4.89. The van der Waals surface area contributed by atoms with Gasteiger partial charge >= 0.3 is 17.9 Å². The Morgan fingerprint density at radius 3 is 2.44 bits per heavy atom. The van der Waals surface area contributed by atoms with Crippen LogP contribution in [-0.4, -0.2) is 51.4 Å². The smallest absolute Gasteiger partial charge is 0.328 e. The molecule has 1 aromatic heterocycles. The van der Waals surface area contributed by atoms with Crippen LogP contribution in [0.4, 0.5) is 4.39 Å². The molecule has 174 valence electrons. The summed E-state index contributed by atoms with van der Waals surface area (Å²) >= 11 is 0. The summed E-state index contributed by atoms with van der Waals surface area (Å²) < 4.78 is 18.5. The Hall–Kier alpha value is -3.27. The predicted molar refractivity (Wildman–Crippen MR) is 112 cm³/mol. The van der Waals surface area contributed by atoms with Gasteiger partial charge in [0.2, 0.25) is 0 Å². The molecule has 0 bridgehead atoms. The lowest BCUT2D eigenvalue weighted by molar-refractivity contribution is -0.195. The normalized spacial score (nSPS) is 14.8. The third-order valence-corrected chi connectivity index (χ3v) is 4.89. The van der Waals surface area contributed by atoms with E-state index in [1.165, 1.54) is 12.1 Å². The lowest BCUT2D eigenvalue weighted by atomic mass is 9.92. The van der Waals surface area contributed by atoms with Gasteiger partial charge in [-0.25, -0.2) is 14.0 Å². The van der Waals surface area contributed by atoms with E-state index in [4.69, 9.17) is 19.6 Å². The van der Waals surface area contributed by atoms with Crippen LogP contribution >= 0.6 is 0 Å². The van der Waals surface area contributed by atoms with Crippen LogP contribution in [0.1, 0.15) is 57.1 Å². The van der Waals surface area contributed by atoms with Gasteiger partial charge in [-0.15, -0.1) is 5.06 Å². The van der Waals surface area contributed by atoms with Crippen LogP contribution in [0.2, 0.25) is 0 Å². The van der Waals surface area contributed by atoms with E-state index in [9.17, 15) is 18.8 Å². The zero-order valence-electron chi connectivity index (χ0n) is 17.8. The average Bonchev–Trinajstić information content (AvgIpc) is 3.16. The fraction of sp³-hybridized carbons (Fsp3) is 0.455. The van der Waals surface area contributed by atoms with Gasteiger partial charge in [-0.05, 0) is 31.4 Å². The van der Waals surface area contributed by atoms with Crippen molar-refractivity contribution in [3.63, 3.8) is 0 Å². The van der Waals surface area contributed by atoms with Crippen LogP contribution in [-0.2, 0) is 19.2 Å². The summed E-state index contributed by atoms with van der Waals surface area (Å²) in [7, 11) is 0. The van der Waals surface area contributed by atoms with Crippen LogP contribution < -0.4 is 0 Å². The van der Waals surface area contributed by atoms with Crippen molar-refractivity contribution in [2.24, 2.45) is 0 Å². The molecule has 0 amide bonds. The summed E-state index contributed by atoms with van der Waals surface area (Å²) in [5, 5.41) is 22.4. The number of aromatic nitrogens is 1. The lowest BCUT2D eigenvalue weighted by Gasteiger charge is -2.29. The van der Waals surface area contributed by atoms with Gasteiger partial charge in [0.15, 0.2) is 5.58 Å². The number of carbonyl (C=O) groups is 3. The molecule has 0 atom stereocenters. The maximum absolute atomic E-state index is 13.2. The Labute approximate surface area is 184 Å². The number of hydrogen-bond donors (Lipinski definition) is 2. The van der Waals surface area contributed by atoms with Crippen molar-refractivity contribution in [1.29, 1.82) is 0 Å². The molecule has 32 heavy (non-hydrogen) atoms. The molecule has 0 radical (unpaired) electrons. The van der Waals surface area contributed by atoms with Crippen LogP contribution in [0.3, 0.4) is 0 Å². The molecule has 2 aromatic rings. The molecule has 1 aliphatic rings. The van der Waals surface area contributed by atoms with Crippen molar-refractivity contribution < 1.29 is 38.3 Å². The second kappa shape index (κ2) is 12.6. The predicted octanol–water partition coefficient (Wildman–Crippen LogP) is 3.90. The van der Waals surface area contributed by atoms with E-state index in [1.807, 2.05) is 0 Å². The second-order valence-electron chi connectivity index (χ2n) is 7.34. The van der Waals surface area contributed by atoms with Crippen molar-refractivity contribution in [2.75, 3.05) is 13.1 Å². The lowest BCUT2D eigenvalue weighted by Crippen LogP contribution is -2.35. The van der Waals surface area contributed by atoms with Gasteiger partial charge < -0.3 is 19.6 Å². The number of carboxylic acid groups (broad SMARTS) is 2. The van der Waals surface area contributed by atoms with E-state index in [0.29, 0.717) is 37.2 Å². The zero-order chi connectivity index (χ0) is 23.5. The molecule has 1 aliphatic heterocycles. The fourth-order valence-electron chi connectivity index (χ4n) is 3.30. The Morgan fingerprint density at radius 1 is 1.19 bits per heavy atom. The molecule has 9 nitrogen and oxygen atoms in total. The van der Waals surface area contributed by atoms with Gasteiger partial charge in [0, 0.05) is 49.0 Å². The number of carbonyl (C=O) groups excluding carboxylic acids is 1. The standard InChI is InChI=1S/C18H23FN2O3.C4H4O4/c1-2-3-4-5-17(22)24-21-10-8-13(9-11-21)18-15-7-6-14(19)12-16(15)23-20-18;5-3(6)1-2-4(7)8/h6-7,12-13H,2-5,8-11H2,1H3;1-2H,(H,5,6)(H,7,8). The number of halogens is 1. The van der Waals surface area contributed by atoms with Gasteiger partial charge in [-0.3, -0.25) is 4.79 Å². The number of fused-ring (bicyclic) bond motifs is 1. The molecule has 0 spiro atoms. The largest absolute Gasteiger partial charge is 0.478 e. The van der Waals surface area contributed by atoms with E-state index in [2.05, 4.69) is 12.1 Å². The van der Waals surface area contributed by atoms with Gasteiger partial charge in [0.25, 0.3) is 0 Å². The summed E-state index contributed by atoms with van der Waals surface area (Å²) in [5.74, 6) is -2.74. The first kappa shape index (κ1) is 25.0. The molecule has 1 fully saturated rings. The van der Waals surface area contributed by atoms with Crippen molar-refractivity contribution in [1.82, 2.24) is 10.2 Å². The molecule has 10 heteroatoms. The molecule has 1 aromatic carbocycles. The highest BCUT2D eigenvalue weighted by atomic mass is 19.1. The highest BCUT2D eigenvalue weighted by Crippen LogP contribution is 2.32. The Bertz CT molecular complexity index is 933. The van der Waals surface area contributed by atoms with E-state index in [1.54, 1.807) is 11.1 Å². The maximum Gasteiger partial charge on any atom is 0.328 e. The monoisotopic (exact) mass is 450 g/mol. The maximum atomic E-state index is 13.2. The SMILES string of the molecule is CCCCCC(=O)ON1CCC(c2noc3cc(F)ccc23)CC1.O=C(O)C=CC(=O)O. The van der Waals surface area contributed by atoms with E-state index in [-0.39, 0.29) is 17.7 Å². The summed E-state index contributed by atoms with van der Waals surface area (Å²) in [6.45, 7) is 3.47. The number of hydroxylamine groups is 2. The highest BCUT2D eigenvalue weighted by molar-refractivity contribution is 5.89. The van der Waals surface area contributed by atoms with E-state index in [0.717, 1.165) is 43.2 Å². The molecule has 0 aliphatic carbocycles. The van der Waals surface area contributed by atoms with Crippen molar-refractivity contribution in [3.05, 3.63) is 41.9 Å². The first-order valence-electron chi connectivity index (χ1n) is 10.4. The number of piperidine rings is 1. The van der Waals surface area contributed by atoms with Crippen LogP contribution in [0, 0.1) is 5.82 Å². The number of carboxylic acids is 2. The number of aliphatic carboxylic acids is 2. The third kappa shape index (κ3) is 8.10. The molecule has 0 unspecified atom stereocenters. The van der Waals surface area contributed by atoms with E-state index < -0.39 is 11.9 Å². The first-order valence-corrected chi connectivity index (χ1v) is 10.4. The number of unbranched alkanes of at least 4 members (excludes halogenated alkanes) is 2. The quantitative estimate of drug-likeness (QED) is 0.454. The first-order chi connectivity index (χ1) is 15.3. The fourth-order valence-corrected chi connectivity index (χ4v) is 3.30. The minimum absolute atomic E-state index is 0.149. The average molecular weight is 450 g/mol. The molecular weight excluding hydrogens is 423 g/mol. The highest BCUT2D eigenvalue weighted by Gasteiger charge is 2.26. The van der Waals surface area contributed by atoms with Crippen molar-refractivity contribution >= 4 is 28.9 Å². The van der Waals surface area contributed by atoms with Crippen molar-refractivity contribution in [3.8, 4) is 0 Å². The minimum Gasteiger partial charge on any atom is -0.478 e. The molecule has 2 heterocycles. The summed E-state index contributed by atoms with van der Waals surface area (Å²) in [5.41, 5.74) is 1.36. The Kier molecular flexibility index (Phi) is 9.80. The zero-order valence-corrected chi connectivity index (χ0v) is 17.8. The van der Waals surface area contributed by atoms with Crippen LogP contribution in [0.15, 0.2) is 34.9 Å². The van der Waals surface area contributed by atoms with Gasteiger partial charge in [0.05, 0.1) is 5.69 Å². The molecule has 2 N–H and O–H groups in total. The Balaban J connectivity index is 0.000000390. The second-order valence-corrected chi connectivity index (χ2v) is 7.34. The van der Waals surface area contributed by atoms with Gasteiger partial charge in [-0.1, -0.05) is 24.9 Å². The number of benzene rings is 1. The topological polar surface area (TPSA) is 130 Å². The number of nitrogens with zero attached hydrogens (tertiary/aromatic N) is 2. The van der Waals surface area contributed by atoms with Gasteiger partial charge in [0.1, 0.15) is 5.82 Å². The number of hydrogen-bond acceptors (Lipinski definition) is 7. The van der Waals surface area contributed by atoms with E-state index >= 15 is 0 Å². The van der Waals surface area contributed by atoms with Crippen LogP contribution in [0.5, 0.6) is 0 Å². The van der Waals surface area contributed by atoms with Gasteiger partial charge in [-0.2, -0.15) is 0 Å². The summed E-state index contributed by atoms with van der Waals surface area (Å²) in [4.78, 5) is 36.3. The molecule has 1 saturated heterocycles. The molecule has 0 saturated carbocycles. The summed E-state index contributed by atoms with van der Waals surface area (Å²) in [6, 6.07) is 4.51. The number of rotatable bonds is 8. The van der Waals surface area contributed by atoms with Crippen LogP contribution in [0.25, 0.3) is 11.0 Å². The summed E-state index contributed by atoms with van der Waals surface area (Å²) in [6.07, 6.45) is 6.29. The molecular formula is C22H27FN2O7. The van der Waals surface area contributed by atoms with Crippen molar-refractivity contribution in [2.45, 2.75) is 51.4 Å². The molecule has 3 rings (SSSR count). The minimum atomic E-state index is -1.26. The Morgan fingerprint density at radius 2 is 1.84 bits per heavy atom.